The van der Waals surface area contributed by atoms with E-state index in [4.69, 9.17) is 9.26 Å². The summed E-state index contributed by atoms with van der Waals surface area (Å²) < 4.78 is 57.4. The monoisotopic (exact) mass is 582 g/mol. The van der Waals surface area contributed by atoms with Crippen LogP contribution in [0.4, 0.5) is 18.9 Å². The number of nitrogens with zero attached hydrogens (tertiary/aromatic N) is 4. The van der Waals surface area contributed by atoms with E-state index in [-0.39, 0.29) is 47.7 Å². The number of fused-ring (bicyclic) bond motifs is 3. The Morgan fingerprint density at radius 3 is 2.52 bits per heavy atom. The molecule has 2 aromatic heterocycles. The van der Waals surface area contributed by atoms with Crippen LogP contribution < -0.4 is 9.64 Å². The molecule has 2 aliphatic heterocycles. The van der Waals surface area contributed by atoms with Crippen molar-refractivity contribution < 1.29 is 37.1 Å². The SMILES string of the molecule is Cn1nc(C(=O)O)c2ccc(N3[C@@H]4CC[C@H]3C[C@@H](OCc3c(-c5ccccc5OC(F)(F)F)noc3C3CC3)C4)cc21. The fraction of sp³-hybridized carbons (Fsp3) is 0.433. The second-order valence-corrected chi connectivity index (χ2v) is 11.4. The van der Waals surface area contributed by atoms with Gasteiger partial charge in [0.05, 0.1) is 18.2 Å². The molecule has 0 spiro atoms. The number of anilines is 1. The lowest BCUT2D eigenvalue weighted by Gasteiger charge is -2.40. The van der Waals surface area contributed by atoms with Gasteiger partial charge in [-0.3, -0.25) is 4.68 Å². The number of aryl methyl sites for hydroxylation is 1. The molecule has 12 heteroatoms. The number of halogens is 3. The number of carbonyl (C=O) groups is 1. The van der Waals surface area contributed by atoms with E-state index >= 15 is 0 Å². The molecule has 0 radical (unpaired) electrons. The minimum Gasteiger partial charge on any atom is -0.476 e. The van der Waals surface area contributed by atoms with Gasteiger partial charge in [0.25, 0.3) is 0 Å². The fourth-order valence-electron chi connectivity index (χ4n) is 6.67. The molecule has 220 valence electrons. The first-order valence-corrected chi connectivity index (χ1v) is 14.1. The van der Waals surface area contributed by atoms with Crippen LogP contribution in [0.2, 0.25) is 0 Å². The van der Waals surface area contributed by atoms with Crippen molar-refractivity contribution in [3.05, 3.63) is 59.5 Å². The van der Waals surface area contributed by atoms with Gasteiger partial charge in [0.2, 0.25) is 0 Å². The molecule has 2 saturated heterocycles. The maximum Gasteiger partial charge on any atom is 0.573 e. The molecule has 4 aromatic rings. The molecule has 7 rings (SSSR count). The standard InChI is InChI=1S/C30H29F3N4O5/c1-36-24-14-19(10-11-21(24)27(34-36)29(38)39)37-17-8-9-18(37)13-20(12-17)40-15-23-26(35-42-28(23)16-6-7-16)22-4-2-3-5-25(22)41-30(31,32)33/h2-5,10-11,14,16-18,20H,6-9,12-13,15H2,1H3,(H,38,39)/t17-,18+,20+. The van der Waals surface area contributed by atoms with Crippen LogP contribution in [-0.2, 0) is 18.4 Å². The van der Waals surface area contributed by atoms with Gasteiger partial charge in [-0.25, -0.2) is 4.79 Å². The summed E-state index contributed by atoms with van der Waals surface area (Å²) in [5.74, 6) is -0.503. The van der Waals surface area contributed by atoms with Crippen LogP contribution in [0.25, 0.3) is 22.2 Å². The van der Waals surface area contributed by atoms with Crippen LogP contribution in [0.1, 0.15) is 66.3 Å². The van der Waals surface area contributed by atoms with Gasteiger partial charge in [0.15, 0.2) is 5.69 Å². The quantitative estimate of drug-likeness (QED) is 0.254. The lowest BCUT2D eigenvalue weighted by Crippen LogP contribution is -2.45. The number of aromatic nitrogens is 3. The Morgan fingerprint density at radius 1 is 1.10 bits per heavy atom. The molecule has 3 aliphatic rings. The van der Waals surface area contributed by atoms with Gasteiger partial charge in [-0.1, -0.05) is 17.3 Å². The van der Waals surface area contributed by atoms with Crippen molar-refractivity contribution in [1.82, 2.24) is 14.9 Å². The van der Waals surface area contributed by atoms with E-state index in [1.165, 1.54) is 12.1 Å². The molecule has 9 nitrogen and oxygen atoms in total. The normalized spacial score (nSPS) is 22.2. The van der Waals surface area contributed by atoms with Gasteiger partial charge in [-0.2, -0.15) is 5.10 Å². The first-order valence-electron chi connectivity index (χ1n) is 14.1. The summed E-state index contributed by atoms with van der Waals surface area (Å²) in [6.45, 7) is 0.189. The number of piperidine rings is 1. The van der Waals surface area contributed by atoms with Crippen LogP contribution in [0, 0.1) is 0 Å². The number of rotatable bonds is 8. The predicted octanol–water partition coefficient (Wildman–Crippen LogP) is 6.42. The van der Waals surface area contributed by atoms with E-state index in [2.05, 4.69) is 19.9 Å². The zero-order valence-corrected chi connectivity index (χ0v) is 22.8. The molecule has 2 bridgehead atoms. The summed E-state index contributed by atoms with van der Waals surface area (Å²) in [6, 6.07) is 12.3. The Labute approximate surface area is 238 Å². The number of alkyl halides is 3. The van der Waals surface area contributed by atoms with Gasteiger partial charge in [0.1, 0.15) is 17.2 Å². The lowest BCUT2D eigenvalue weighted by atomic mass is 9.98. The van der Waals surface area contributed by atoms with Gasteiger partial charge in [0, 0.05) is 47.2 Å². The third kappa shape index (κ3) is 4.87. The summed E-state index contributed by atoms with van der Waals surface area (Å²) in [7, 11) is 1.75. The Morgan fingerprint density at radius 2 is 1.83 bits per heavy atom. The zero-order valence-electron chi connectivity index (χ0n) is 22.8. The van der Waals surface area contributed by atoms with Crippen LogP contribution >= 0.6 is 0 Å². The summed E-state index contributed by atoms with van der Waals surface area (Å²) in [6.07, 6.45) is 0.656. The molecular weight excluding hydrogens is 553 g/mol. The van der Waals surface area contributed by atoms with E-state index in [1.807, 2.05) is 18.2 Å². The molecule has 1 N–H and O–H groups in total. The van der Waals surface area contributed by atoms with Gasteiger partial charge < -0.3 is 24.0 Å². The van der Waals surface area contributed by atoms with E-state index in [9.17, 15) is 23.1 Å². The van der Waals surface area contributed by atoms with Crippen LogP contribution in [0.5, 0.6) is 5.75 Å². The Hall–Kier alpha value is -4.06. The summed E-state index contributed by atoms with van der Waals surface area (Å²) in [5, 5.41) is 18.4. The number of carboxylic acids is 1. The summed E-state index contributed by atoms with van der Waals surface area (Å²) in [4.78, 5) is 14.0. The molecule has 3 fully saturated rings. The topological polar surface area (TPSA) is 103 Å². The van der Waals surface area contributed by atoms with E-state index < -0.39 is 12.3 Å². The van der Waals surface area contributed by atoms with Crippen molar-refractivity contribution in [2.24, 2.45) is 7.05 Å². The molecule has 4 heterocycles. The minimum absolute atomic E-state index is 0.0331. The van der Waals surface area contributed by atoms with Crippen molar-refractivity contribution in [2.75, 3.05) is 4.90 Å². The highest BCUT2D eigenvalue weighted by atomic mass is 19.4. The molecule has 3 atom stereocenters. The molecule has 1 saturated carbocycles. The Kier molecular flexibility index (Phi) is 6.41. The number of hydrogen-bond acceptors (Lipinski definition) is 7. The van der Waals surface area contributed by atoms with Crippen molar-refractivity contribution in [1.29, 1.82) is 0 Å². The zero-order chi connectivity index (χ0) is 29.2. The van der Waals surface area contributed by atoms with Crippen molar-refractivity contribution in [3.63, 3.8) is 0 Å². The highest BCUT2D eigenvalue weighted by Gasteiger charge is 2.42. The molecule has 0 amide bonds. The van der Waals surface area contributed by atoms with Gasteiger partial charge in [-0.15, -0.1) is 13.2 Å². The molecular formula is C30H29F3N4O5. The number of benzene rings is 2. The third-order valence-electron chi connectivity index (χ3n) is 8.62. The summed E-state index contributed by atoms with van der Waals surface area (Å²) >= 11 is 0. The molecule has 42 heavy (non-hydrogen) atoms. The van der Waals surface area contributed by atoms with Gasteiger partial charge in [-0.05, 0) is 68.9 Å². The number of carboxylic acid groups (broad SMARTS) is 1. The molecule has 1 aliphatic carbocycles. The smallest absolute Gasteiger partial charge is 0.476 e. The van der Waals surface area contributed by atoms with Crippen LogP contribution in [0.15, 0.2) is 47.0 Å². The average Bonchev–Trinajstić information content (AvgIpc) is 3.54. The molecule has 0 unspecified atom stereocenters. The maximum atomic E-state index is 13.1. The number of para-hydroxylation sites is 1. The molecule has 2 aromatic carbocycles. The highest BCUT2D eigenvalue weighted by Crippen LogP contribution is 2.46. The second kappa shape index (κ2) is 10.0. The Bertz CT molecular complexity index is 1650. The van der Waals surface area contributed by atoms with Crippen molar-refractivity contribution in [3.8, 4) is 17.0 Å². The predicted molar refractivity (Wildman–Crippen MR) is 145 cm³/mol. The van der Waals surface area contributed by atoms with Crippen LogP contribution in [-0.4, -0.2) is 50.6 Å². The largest absolute Gasteiger partial charge is 0.573 e. The number of ether oxygens (including phenoxy) is 2. The third-order valence-corrected chi connectivity index (χ3v) is 8.62. The maximum absolute atomic E-state index is 13.1. The van der Waals surface area contributed by atoms with Crippen molar-refractivity contribution in [2.45, 2.75) is 75.6 Å². The number of hydrogen-bond donors (Lipinski definition) is 1. The summed E-state index contributed by atoms with van der Waals surface area (Å²) in [5.41, 5.74) is 3.07. The number of aromatic carboxylic acids is 1. The van der Waals surface area contributed by atoms with Crippen molar-refractivity contribution >= 4 is 22.6 Å². The average molecular weight is 583 g/mol. The first kappa shape index (κ1) is 26.8. The van der Waals surface area contributed by atoms with Crippen LogP contribution in [0.3, 0.4) is 0 Å². The first-order chi connectivity index (χ1) is 20.2. The lowest BCUT2D eigenvalue weighted by molar-refractivity contribution is -0.274. The highest BCUT2D eigenvalue weighted by molar-refractivity contribution is 6.02. The Balaban J connectivity index is 1.10. The van der Waals surface area contributed by atoms with E-state index in [0.717, 1.165) is 49.7 Å². The minimum atomic E-state index is -4.83. The fourth-order valence-corrected chi connectivity index (χ4v) is 6.67. The second-order valence-electron chi connectivity index (χ2n) is 11.4. The van der Waals surface area contributed by atoms with E-state index in [0.29, 0.717) is 22.4 Å². The van der Waals surface area contributed by atoms with Gasteiger partial charge >= 0.3 is 12.3 Å². The van der Waals surface area contributed by atoms with E-state index in [1.54, 1.807) is 23.9 Å².